The predicted octanol–water partition coefficient (Wildman–Crippen LogP) is 16.2. The molecule has 0 N–H and O–H groups in total. The number of fused-ring (bicyclic) bond motifs is 13. The Bertz CT molecular complexity index is 4180. The largest absolute Gasteiger partial charge is 0.456 e. The third kappa shape index (κ3) is 4.88. The lowest BCUT2D eigenvalue weighted by atomic mass is 9.94. The second kappa shape index (κ2) is 13.4. The fourth-order valence-corrected chi connectivity index (χ4v) is 10.9. The lowest BCUT2D eigenvalue weighted by Crippen LogP contribution is -1.97. The van der Waals surface area contributed by atoms with Gasteiger partial charge in [-0.2, -0.15) is 0 Å². The summed E-state index contributed by atoms with van der Waals surface area (Å²) in [6, 6.07) is 81.4. The minimum atomic E-state index is 0.894. The van der Waals surface area contributed by atoms with E-state index in [9.17, 15) is 0 Å². The molecule has 10 aromatic carbocycles. The maximum Gasteiger partial charge on any atom is 0.136 e. The van der Waals surface area contributed by atoms with Crippen molar-refractivity contribution in [2.45, 2.75) is 0 Å². The Labute approximate surface area is 367 Å². The summed E-state index contributed by atoms with van der Waals surface area (Å²) < 4.78 is 13.8. The zero-order chi connectivity index (χ0) is 41.9. The van der Waals surface area contributed by atoms with Crippen molar-refractivity contribution in [2.24, 2.45) is 0 Å². The summed E-state index contributed by atoms with van der Waals surface area (Å²) in [6.45, 7) is 0. The summed E-state index contributed by atoms with van der Waals surface area (Å²) in [5, 5.41) is 9.70. The van der Waals surface area contributed by atoms with Gasteiger partial charge in [0.2, 0.25) is 0 Å². The van der Waals surface area contributed by atoms with E-state index in [1.54, 1.807) is 0 Å². The van der Waals surface area contributed by atoms with Gasteiger partial charge in [-0.15, -0.1) is 0 Å². The molecule has 0 saturated heterocycles. The van der Waals surface area contributed by atoms with Crippen LogP contribution in [0.3, 0.4) is 0 Å². The Balaban J connectivity index is 1.05. The van der Waals surface area contributed by atoms with E-state index in [2.05, 4.69) is 232 Å². The van der Waals surface area contributed by atoms with Crippen LogP contribution in [0.1, 0.15) is 0 Å². The Morgan fingerprint density at radius 2 is 0.734 bits per heavy atom. The predicted molar refractivity (Wildman–Crippen MR) is 268 cm³/mol. The van der Waals surface area contributed by atoms with Gasteiger partial charge >= 0.3 is 0 Å². The van der Waals surface area contributed by atoms with Gasteiger partial charge in [-0.05, 0) is 102 Å². The van der Waals surface area contributed by atoms with Gasteiger partial charge in [-0.3, -0.25) is 0 Å². The number of para-hydroxylation sites is 6. The molecule has 0 aliphatic heterocycles. The van der Waals surface area contributed by atoms with Crippen LogP contribution in [0.2, 0.25) is 0 Å². The standard InChI is InChI=1S/C60H37N3O/c1-3-17-39(18-4-1)61-49-28-12-8-22-44(49)59-53(61)35-36-54-60(59)45-23-9-13-29-50(45)63(54)48-27-11-7-21-41(48)38-33-34-51-47(37-38)57-42(25-15-30-52(57)62(51)40-19-5-2-6-20-40)43-26-16-32-56-58(43)46-24-10-14-31-55(46)64-56/h1-37H. The molecule has 298 valence electrons. The maximum atomic E-state index is 6.43. The van der Waals surface area contributed by atoms with Crippen LogP contribution in [-0.2, 0) is 0 Å². The van der Waals surface area contributed by atoms with Crippen molar-refractivity contribution in [1.82, 2.24) is 13.7 Å². The monoisotopic (exact) mass is 815 g/mol. The molecule has 0 radical (unpaired) electrons. The topological polar surface area (TPSA) is 27.9 Å². The summed E-state index contributed by atoms with van der Waals surface area (Å²) in [6.07, 6.45) is 0. The summed E-state index contributed by atoms with van der Waals surface area (Å²) in [7, 11) is 0. The highest BCUT2D eigenvalue weighted by atomic mass is 16.3. The van der Waals surface area contributed by atoms with Crippen molar-refractivity contribution in [1.29, 1.82) is 0 Å². The third-order valence-electron chi connectivity index (χ3n) is 13.4. The number of hydrogen-bond acceptors (Lipinski definition) is 1. The van der Waals surface area contributed by atoms with Crippen molar-refractivity contribution in [2.75, 3.05) is 0 Å². The summed E-state index contributed by atoms with van der Waals surface area (Å²) >= 11 is 0. The number of rotatable bonds is 5. The summed E-state index contributed by atoms with van der Waals surface area (Å²) in [4.78, 5) is 0. The van der Waals surface area contributed by atoms with Gasteiger partial charge in [0.25, 0.3) is 0 Å². The molecule has 0 atom stereocenters. The Morgan fingerprint density at radius 1 is 0.266 bits per heavy atom. The molecule has 0 fully saturated rings. The van der Waals surface area contributed by atoms with Crippen molar-refractivity contribution < 1.29 is 4.42 Å². The number of hydrogen-bond donors (Lipinski definition) is 0. The number of furan rings is 1. The molecule has 0 saturated carbocycles. The van der Waals surface area contributed by atoms with Gasteiger partial charge in [0.1, 0.15) is 11.2 Å². The van der Waals surface area contributed by atoms with Crippen LogP contribution in [0.5, 0.6) is 0 Å². The minimum Gasteiger partial charge on any atom is -0.456 e. The number of nitrogens with zero attached hydrogens (tertiary/aromatic N) is 3. The fourth-order valence-electron chi connectivity index (χ4n) is 10.9. The average molecular weight is 816 g/mol. The van der Waals surface area contributed by atoms with E-state index >= 15 is 0 Å². The maximum absolute atomic E-state index is 6.43. The molecule has 4 aromatic heterocycles. The van der Waals surface area contributed by atoms with Gasteiger partial charge in [-0.1, -0.05) is 140 Å². The second-order valence-corrected chi connectivity index (χ2v) is 16.8. The molecular formula is C60H37N3O. The van der Waals surface area contributed by atoms with E-state index in [0.717, 1.165) is 61.2 Å². The van der Waals surface area contributed by atoms with E-state index in [1.165, 1.54) is 65.5 Å². The molecule has 0 amide bonds. The first-order chi connectivity index (χ1) is 31.8. The first kappa shape index (κ1) is 35.0. The van der Waals surface area contributed by atoms with Crippen LogP contribution >= 0.6 is 0 Å². The van der Waals surface area contributed by atoms with Gasteiger partial charge in [0.15, 0.2) is 0 Å². The highest BCUT2D eigenvalue weighted by molar-refractivity contribution is 6.29. The molecule has 0 aliphatic rings. The van der Waals surface area contributed by atoms with Crippen molar-refractivity contribution >= 4 is 87.4 Å². The fraction of sp³-hybridized carbons (Fsp3) is 0. The molecule has 0 spiro atoms. The summed E-state index contributed by atoms with van der Waals surface area (Å²) in [5.41, 5.74) is 17.0. The molecule has 4 heteroatoms. The molecular weight excluding hydrogens is 779 g/mol. The van der Waals surface area contributed by atoms with Crippen LogP contribution in [0.4, 0.5) is 0 Å². The summed E-state index contributed by atoms with van der Waals surface area (Å²) in [5.74, 6) is 0. The van der Waals surface area contributed by atoms with Gasteiger partial charge in [0.05, 0.1) is 38.8 Å². The lowest BCUT2D eigenvalue weighted by Gasteiger charge is -2.15. The highest BCUT2D eigenvalue weighted by Gasteiger charge is 2.24. The smallest absolute Gasteiger partial charge is 0.136 e. The van der Waals surface area contributed by atoms with Crippen molar-refractivity contribution in [3.63, 3.8) is 0 Å². The van der Waals surface area contributed by atoms with E-state index in [0.29, 0.717) is 0 Å². The van der Waals surface area contributed by atoms with E-state index < -0.39 is 0 Å². The normalized spacial score (nSPS) is 12.1. The van der Waals surface area contributed by atoms with Gasteiger partial charge < -0.3 is 18.1 Å². The molecule has 0 aliphatic carbocycles. The molecule has 14 aromatic rings. The minimum absolute atomic E-state index is 0.894. The van der Waals surface area contributed by atoms with Crippen LogP contribution in [-0.4, -0.2) is 13.7 Å². The van der Waals surface area contributed by atoms with Crippen molar-refractivity contribution in [3.8, 4) is 39.3 Å². The van der Waals surface area contributed by atoms with Crippen LogP contribution < -0.4 is 0 Å². The Morgan fingerprint density at radius 3 is 1.45 bits per heavy atom. The van der Waals surface area contributed by atoms with Crippen LogP contribution in [0, 0.1) is 0 Å². The Hall–Kier alpha value is -8.60. The molecule has 4 nitrogen and oxygen atoms in total. The first-order valence-corrected chi connectivity index (χ1v) is 21.9. The highest BCUT2D eigenvalue weighted by Crippen LogP contribution is 2.46. The van der Waals surface area contributed by atoms with Crippen molar-refractivity contribution in [3.05, 3.63) is 224 Å². The molecule has 14 rings (SSSR count). The molecule has 64 heavy (non-hydrogen) atoms. The molecule has 4 heterocycles. The van der Waals surface area contributed by atoms with Crippen LogP contribution in [0.15, 0.2) is 229 Å². The van der Waals surface area contributed by atoms with Gasteiger partial charge in [-0.25, -0.2) is 0 Å². The first-order valence-electron chi connectivity index (χ1n) is 21.9. The number of benzene rings is 10. The Kier molecular flexibility index (Phi) is 7.36. The van der Waals surface area contributed by atoms with Crippen LogP contribution in [0.25, 0.3) is 127 Å². The number of aromatic nitrogens is 3. The molecule has 0 bridgehead atoms. The van der Waals surface area contributed by atoms with E-state index in [-0.39, 0.29) is 0 Å². The van der Waals surface area contributed by atoms with E-state index in [4.69, 9.17) is 4.42 Å². The zero-order valence-electron chi connectivity index (χ0n) is 34.6. The zero-order valence-corrected chi connectivity index (χ0v) is 34.6. The van der Waals surface area contributed by atoms with E-state index in [1.807, 2.05) is 6.07 Å². The average Bonchev–Trinajstić information content (AvgIpc) is 4.10. The lowest BCUT2D eigenvalue weighted by molar-refractivity contribution is 0.669. The second-order valence-electron chi connectivity index (χ2n) is 16.8. The SMILES string of the molecule is c1ccc(-n2c3ccc(-c4ccccc4-n4c5ccccc5c5c6c7ccccc7n(-c7ccccc7)c6ccc54)cc3c3c(-c4cccc5oc6ccccc6c45)cccc32)cc1. The molecule has 0 unspecified atom stereocenters. The quantitative estimate of drug-likeness (QED) is 0.170. The third-order valence-corrected chi connectivity index (χ3v) is 13.4. The van der Waals surface area contributed by atoms with Gasteiger partial charge in [0, 0.05) is 60.0 Å².